The summed E-state index contributed by atoms with van der Waals surface area (Å²) in [4.78, 5) is 0.159. The molecule has 0 aliphatic rings. The van der Waals surface area contributed by atoms with Gasteiger partial charge < -0.3 is 0 Å². The molecule has 8 heteroatoms. The van der Waals surface area contributed by atoms with E-state index in [1.807, 2.05) is 24.3 Å². The number of fused-ring (bicyclic) bond motifs is 1. The minimum absolute atomic E-state index is 0.159. The van der Waals surface area contributed by atoms with Crippen molar-refractivity contribution in [3.63, 3.8) is 0 Å². The second kappa shape index (κ2) is 6.55. The normalized spacial score (nSPS) is 11.8. The molecule has 0 radical (unpaired) electrons. The minimum Gasteiger partial charge on any atom is -0.276 e. The summed E-state index contributed by atoms with van der Waals surface area (Å²) >= 11 is 0. The Balaban J connectivity index is 1.58. The Kier molecular flexibility index (Phi) is 4.19. The van der Waals surface area contributed by atoms with Gasteiger partial charge in [0.2, 0.25) is 0 Å². The summed E-state index contributed by atoms with van der Waals surface area (Å²) < 4.78 is 31.0. The van der Waals surface area contributed by atoms with Crippen LogP contribution in [0.4, 0.5) is 5.69 Å². The molecule has 0 saturated heterocycles. The van der Waals surface area contributed by atoms with E-state index in [2.05, 4.69) is 33.1 Å². The Morgan fingerprint density at radius 1 is 1.04 bits per heavy atom. The fraction of sp³-hybridized carbons (Fsp3) is 0.158. The predicted octanol–water partition coefficient (Wildman–Crippen LogP) is 2.93. The highest BCUT2D eigenvalue weighted by atomic mass is 32.2. The van der Waals surface area contributed by atoms with Crippen molar-refractivity contribution in [1.29, 1.82) is 0 Å². The van der Waals surface area contributed by atoms with Gasteiger partial charge in [0.25, 0.3) is 10.0 Å². The Bertz CT molecular complexity index is 1220. The number of anilines is 1. The third kappa shape index (κ3) is 3.31. The van der Waals surface area contributed by atoms with Crippen LogP contribution in [0.25, 0.3) is 10.8 Å². The molecule has 2 aromatic carbocycles. The van der Waals surface area contributed by atoms with Gasteiger partial charge in [0, 0.05) is 13.2 Å². The van der Waals surface area contributed by atoms with E-state index in [0.717, 1.165) is 16.3 Å². The molecule has 0 fully saturated rings. The number of aryl methyl sites for hydroxylation is 1. The fourth-order valence-corrected chi connectivity index (χ4v) is 4.29. The second-order valence-corrected chi connectivity index (χ2v) is 8.04. The van der Waals surface area contributed by atoms with Crippen molar-refractivity contribution in [2.75, 3.05) is 4.72 Å². The highest BCUT2D eigenvalue weighted by Gasteiger charge is 2.20. The number of hydrogen-bond acceptors (Lipinski definition) is 4. The number of rotatable bonds is 5. The van der Waals surface area contributed by atoms with Crippen LogP contribution in [0, 0.1) is 6.92 Å². The molecular weight excluding hydrogens is 362 g/mol. The van der Waals surface area contributed by atoms with E-state index in [1.165, 1.54) is 17.1 Å². The molecule has 138 valence electrons. The predicted molar refractivity (Wildman–Crippen MR) is 104 cm³/mol. The molecule has 4 aromatic rings. The average Bonchev–Trinajstić information content (AvgIpc) is 3.22. The van der Waals surface area contributed by atoms with Gasteiger partial charge in [-0.15, -0.1) is 0 Å². The Morgan fingerprint density at radius 2 is 1.81 bits per heavy atom. The van der Waals surface area contributed by atoms with Crippen LogP contribution >= 0.6 is 0 Å². The van der Waals surface area contributed by atoms with Crippen LogP contribution in [-0.4, -0.2) is 28.0 Å². The van der Waals surface area contributed by atoms with Gasteiger partial charge >= 0.3 is 0 Å². The zero-order valence-corrected chi connectivity index (χ0v) is 15.8. The molecule has 0 bridgehead atoms. The van der Waals surface area contributed by atoms with Crippen molar-refractivity contribution in [1.82, 2.24) is 19.6 Å². The highest BCUT2D eigenvalue weighted by molar-refractivity contribution is 7.92. The molecule has 2 aromatic heterocycles. The van der Waals surface area contributed by atoms with E-state index in [-0.39, 0.29) is 4.90 Å². The van der Waals surface area contributed by atoms with Gasteiger partial charge in [0.15, 0.2) is 0 Å². The van der Waals surface area contributed by atoms with Gasteiger partial charge in [-0.2, -0.15) is 10.2 Å². The second-order valence-electron chi connectivity index (χ2n) is 6.39. The van der Waals surface area contributed by atoms with Crippen LogP contribution in [0.1, 0.15) is 11.3 Å². The number of aromatic nitrogens is 4. The topological polar surface area (TPSA) is 81.8 Å². The zero-order chi connectivity index (χ0) is 19.0. The molecule has 1 N–H and O–H groups in total. The summed E-state index contributed by atoms with van der Waals surface area (Å²) in [7, 11) is -2.00. The van der Waals surface area contributed by atoms with Crippen molar-refractivity contribution in [3.8, 4) is 0 Å². The molecule has 0 amide bonds. The Labute approximate surface area is 157 Å². The van der Waals surface area contributed by atoms with E-state index in [9.17, 15) is 8.42 Å². The highest BCUT2D eigenvalue weighted by Crippen LogP contribution is 2.21. The maximum Gasteiger partial charge on any atom is 0.265 e. The van der Waals surface area contributed by atoms with Gasteiger partial charge in [0.05, 0.1) is 30.3 Å². The van der Waals surface area contributed by atoms with Crippen molar-refractivity contribution in [2.24, 2.45) is 7.05 Å². The van der Waals surface area contributed by atoms with Crippen molar-refractivity contribution in [3.05, 3.63) is 72.3 Å². The van der Waals surface area contributed by atoms with Gasteiger partial charge in [-0.25, -0.2) is 8.42 Å². The van der Waals surface area contributed by atoms with Crippen molar-refractivity contribution >= 4 is 26.5 Å². The number of sulfonamides is 1. The summed E-state index contributed by atoms with van der Waals surface area (Å²) in [6, 6.07) is 14.3. The van der Waals surface area contributed by atoms with Crippen LogP contribution in [-0.2, 0) is 23.6 Å². The van der Waals surface area contributed by atoms with Gasteiger partial charge in [-0.05, 0) is 23.3 Å². The lowest BCUT2D eigenvalue weighted by Gasteiger charge is -2.07. The van der Waals surface area contributed by atoms with E-state index in [1.54, 1.807) is 24.9 Å². The molecule has 4 rings (SSSR count). The quantitative estimate of drug-likeness (QED) is 0.576. The SMILES string of the molecule is Cc1c(S(=O)(=O)Nc2cnn(Cc3cccc4ccccc34)c2)cnn1C. The van der Waals surface area contributed by atoms with Gasteiger partial charge in [0.1, 0.15) is 4.90 Å². The largest absolute Gasteiger partial charge is 0.276 e. The fourth-order valence-electron chi connectivity index (χ4n) is 3.06. The van der Waals surface area contributed by atoms with Crippen LogP contribution in [0.5, 0.6) is 0 Å². The first-order valence-electron chi connectivity index (χ1n) is 8.44. The molecule has 0 aliphatic carbocycles. The van der Waals surface area contributed by atoms with Gasteiger partial charge in [-0.3, -0.25) is 14.1 Å². The van der Waals surface area contributed by atoms with Crippen LogP contribution < -0.4 is 4.72 Å². The number of hydrogen-bond donors (Lipinski definition) is 1. The zero-order valence-electron chi connectivity index (χ0n) is 15.0. The van der Waals surface area contributed by atoms with Gasteiger partial charge in [-0.1, -0.05) is 42.5 Å². The van der Waals surface area contributed by atoms with E-state index < -0.39 is 10.0 Å². The number of nitrogens with one attached hydrogen (secondary N) is 1. The van der Waals surface area contributed by atoms with E-state index in [0.29, 0.717) is 17.9 Å². The van der Waals surface area contributed by atoms with Crippen molar-refractivity contribution < 1.29 is 8.42 Å². The third-order valence-corrected chi connectivity index (χ3v) is 6.06. The minimum atomic E-state index is -3.70. The molecule has 27 heavy (non-hydrogen) atoms. The number of benzene rings is 2. The standard InChI is InChI=1S/C19H19N5O2S/c1-14-19(11-20-23(14)2)27(25,26)22-17-10-21-24(13-17)12-16-8-5-7-15-6-3-4-9-18(15)16/h3-11,13,22H,12H2,1-2H3. The Morgan fingerprint density at radius 3 is 2.59 bits per heavy atom. The lowest BCUT2D eigenvalue weighted by Crippen LogP contribution is -2.13. The maximum absolute atomic E-state index is 12.6. The Hall–Kier alpha value is -3.13. The first-order valence-corrected chi connectivity index (χ1v) is 9.93. The van der Waals surface area contributed by atoms with Crippen LogP contribution in [0.3, 0.4) is 0 Å². The molecule has 2 heterocycles. The summed E-state index contributed by atoms with van der Waals surface area (Å²) in [6.07, 6.45) is 4.54. The van der Waals surface area contributed by atoms with E-state index >= 15 is 0 Å². The monoisotopic (exact) mass is 381 g/mol. The van der Waals surface area contributed by atoms with E-state index in [4.69, 9.17) is 0 Å². The molecule has 0 spiro atoms. The first-order chi connectivity index (χ1) is 12.9. The summed E-state index contributed by atoms with van der Waals surface area (Å²) in [6.45, 7) is 2.26. The summed E-state index contributed by atoms with van der Waals surface area (Å²) in [5.74, 6) is 0. The smallest absolute Gasteiger partial charge is 0.265 e. The molecule has 0 aliphatic heterocycles. The molecule has 0 unspecified atom stereocenters. The van der Waals surface area contributed by atoms with Crippen molar-refractivity contribution in [2.45, 2.75) is 18.4 Å². The maximum atomic E-state index is 12.6. The summed E-state index contributed by atoms with van der Waals surface area (Å²) in [5.41, 5.74) is 2.11. The molecule has 0 atom stereocenters. The molecular formula is C19H19N5O2S. The van der Waals surface area contributed by atoms with Crippen LogP contribution in [0.2, 0.25) is 0 Å². The third-order valence-electron chi connectivity index (χ3n) is 4.58. The lowest BCUT2D eigenvalue weighted by molar-refractivity contribution is 0.600. The molecule has 0 saturated carbocycles. The molecule has 7 nitrogen and oxygen atoms in total. The average molecular weight is 381 g/mol. The lowest BCUT2D eigenvalue weighted by atomic mass is 10.0. The van der Waals surface area contributed by atoms with Crippen LogP contribution in [0.15, 0.2) is 66.0 Å². The first kappa shape index (κ1) is 17.3. The summed E-state index contributed by atoms with van der Waals surface area (Å²) in [5, 5.41) is 10.6. The number of nitrogens with zero attached hydrogens (tertiary/aromatic N) is 4.